The van der Waals surface area contributed by atoms with Gasteiger partial charge in [-0.2, -0.15) is 11.8 Å². The summed E-state index contributed by atoms with van der Waals surface area (Å²) in [7, 11) is 0. The number of anilines is 1. The van der Waals surface area contributed by atoms with Gasteiger partial charge in [0.05, 0.1) is 12.3 Å². The highest BCUT2D eigenvalue weighted by Crippen LogP contribution is 2.23. The minimum absolute atomic E-state index is 0.606. The lowest BCUT2D eigenvalue weighted by molar-refractivity contribution is 0.342. The number of thiocarbonyl (C=S) groups is 1. The van der Waals surface area contributed by atoms with Gasteiger partial charge in [-0.15, -0.1) is 0 Å². The maximum absolute atomic E-state index is 5.88. The van der Waals surface area contributed by atoms with E-state index in [0.717, 1.165) is 34.5 Å². The van der Waals surface area contributed by atoms with Crippen molar-refractivity contribution in [1.82, 2.24) is 5.32 Å². The molecule has 128 valence electrons. The van der Waals surface area contributed by atoms with Crippen LogP contribution in [0.4, 0.5) is 5.69 Å². The molecule has 2 aromatic carbocycles. The van der Waals surface area contributed by atoms with Gasteiger partial charge in [0.15, 0.2) is 5.11 Å². The maximum atomic E-state index is 5.88. The fraction of sp³-hybridized carbons (Fsp3) is 0.278. The van der Waals surface area contributed by atoms with E-state index in [1.807, 2.05) is 55.1 Å². The zero-order chi connectivity index (χ0) is 17.2. The summed E-state index contributed by atoms with van der Waals surface area (Å²) >= 11 is 13.1. The largest absolute Gasteiger partial charge is 0.492 e. The van der Waals surface area contributed by atoms with Crippen LogP contribution in [0.15, 0.2) is 48.5 Å². The van der Waals surface area contributed by atoms with Crippen molar-refractivity contribution in [2.45, 2.75) is 12.7 Å². The summed E-state index contributed by atoms with van der Waals surface area (Å²) in [6, 6.07) is 15.7. The minimum atomic E-state index is 0.606. The van der Waals surface area contributed by atoms with Crippen LogP contribution < -0.4 is 15.4 Å². The number of rotatable bonds is 8. The van der Waals surface area contributed by atoms with Gasteiger partial charge in [-0.05, 0) is 49.0 Å². The molecule has 2 aromatic rings. The predicted molar refractivity (Wildman–Crippen MR) is 109 cm³/mol. The predicted octanol–water partition coefficient (Wildman–Crippen LogP) is 4.96. The molecular weight excluding hydrogens is 360 g/mol. The van der Waals surface area contributed by atoms with Gasteiger partial charge in [0, 0.05) is 23.1 Å². The fourth-order valence-corrected chi connectivity index (χ4v) is 3.18. The molecule has 2 rings (SSSR count). The van der Waals surface area contributed by atoms with Crippen molar-refractivity contribution in [2.24, 2.45) is 0 Å². The van der Waals surface area contributed by atoms with E-state index in [1.165, 1.54) is 5.56 Å². The molecule has 0 atom stereocenters. The third-order valence-corrected chi connectivity index (χ3v) is 4.68. The maximum Gasteiger partial charge on any atom is 0.170 e. The summed E-state index contributed by atoms with van der Waals surface area (Å²) in [6.45, 7) is 3.40. The molecule has 0 radical (unpaired) electrons. The first-order chi connectivity index (χ1) is 11.7. The zero-order valence-electron chi connectivity index (χ0n) is 13.5. The van der Waals surface area contributed by atoms with Crippen molar-refractivity contribution in [3.63, 3.8) is 0 Å². The first-order valence-corrected chi connectivity index (χ1v) is 9.72. The van der Waals surface area contributed by atoms with Crippen molar-refractivity contribution in [1.29, 1.82) is 0 Å². The highest BCUT2D eigenvalue weighted by atomic mass is 35.5. The van der Waals surface area contributed by atoms with E-state index in [-0.39, 0.29) is 0 Å². The van der Waals surface area contributed by atoms with Gasteiger partial charge in [0.25, 0.3) is 0 Å². The lowest BCUT2D eigenvalue weighted by atomic mass is 10.2. The monoisotopic (exact) mass is 380 g/mol. The second-order valence-corrected chi connectivity index (χ2v) is 6.94. The lowest BCUT2D eigenvalue weighted by Crippen LogP contribution is -2.30. The van der Waals surface area contributed by atoms with Crippen LogP contribution in [0.5, 0.6) is 5.75 Å². The molecule has 0 aliphatic rings. The summed E-state index contributed by atoms with van der Waals surface area (Å²) in [6.07, 6.45) is 0. The molecule has 3 nitrogen and oxygen atoms in total. The first kappa shape index (κ1) is 18.9. The molecule has 0 aromatic heterocycles. The standard InChI is InChI=1S/C18H21ClN2OS2/c1-2-22-17-6-4-3-5-16(17)21-18(23)20-11-12-24-13-14-7-9-15(19)10-8-14/h3-10H,2,11-13H2,1H3,(H2,20,21,23). The van der Waals surface area contributed by atoms with Crippen molar-refractivity contribution in [3.05, 3.63) is 59.1 Å². The molecule has 0 fully saturated rings. The number of thioether (sulfide) groups is 1. The Hall–Kier alpha value is -1.43. The van der Waals surface area contributed by atoms with Gasteiger partial charge in [-0.1, -0.05) is 35.9 Å². The van der Waals surface area contributed by atoms with Crippen molar-refractivity contribution in [3.8, 4) is 5.75 Å². The van der Waals surface area contributed by atoms with Gasteiger partial charge < -0.3 is 15.4 Å². The van der Waals surface area contributed by atoms with E-state index in [0.29, 0.717) is 11.7 Å². The van der Waals surface area contributed by atoms with Crippen molar-refractivity contribution < 1.29 is 4.74 Å². The quantitative estimate of drug-likeness (QED) is 0.499. The number of para-hydroxylation sites is 2. The molecule has 0 unspecified atom stereocenters. The van der Waals surface area contributed by atoms with Gasteiger partial charge in [0.2, 0.25) is 0 Å². The van der Waals surface area contributed by atoms with Gasteiger partial charge in [-0.25, -0.2) is 0 Å². The van der Waals surface area contributed by atoms with Crippen LogP contribution in [0.25, 0.3) is 0 Å². The van der Waals surface area contributed by atoms with Crippen LogP contribution in [-0.4, -0.2) is 24.0 Å². The Bertz CT molecular complexity index is 650. The van der Waals surface area contributed by atoms with Crippen molar-refractivity contribution in [2.75, 3.05) is 24.2 Å². The van der Waals surface area contributed by atoms with E-state index in [1.54, 1.807) is 0 Å². The third kappa shape index (κ3) is 6.59. The normalized spacial score (nSPS) is 10.2. The number of hydrogen-bond donors (Lipinski definition) is 2. The highest BCUT2D eigenvalue weighted by Gasteiger charge is 2.04. The topological polar surface area (TPSA) is 33.3 Å². The Morgan fingerprint density at radius 2 is 1.92 bits per heavy atom. The average molecular weight is 381 g/mol. The molecule has 0 saturated heterocycles. The minimum Gasteiger partial charge on any atom is -0.492 e. The molecule has 0 bridgehead atoms. The number of hydrogen-bond acceptors (Lipinski definition) is 3. The van der Waals surface area contributed by atoms with E-state index in [4.69, 9.17) is 28.6 Å². The molecule has 24 heavy (non-hydrogen) atoms. The van der Waals surface area contributed by atoms with Crippen LogP contribution in [0.3, 0.4) is 0 Å². The van der Waals surface area contributed by atoms with E-state index < -0.39 is 0 Å². The molecule has 0 spiro atoms. The fourth-order valence-electron chi connectivity index (χ4n) is 2.03. The SMILES string of the molecule is CCOc1ccccc1NC(=S)NCCSCc1ccc(Cl)cc1. The summed E-state index contributed by atoms with van der Waals surface area (Å²) in [5, 5.41) is 7.78. The Kier molecular flexibility index (Phi) is 8.22. The van der Waals surface area contributed by atoms with Crippen LogP contribution in [0.2, 0.25) is 5.02 Å². The highest BCUT2D eigenvalue weighted by molar-refractivity contribution is 7.98. The van der Waals surface area contributed by atoms with E-state index in [2.05, 4.69) is 22.8 Å². The third-order valence-electron chi connectivity index (χ3n) is 3.15. The average Bonchev–Trinajstić information content (AvgIpc) is 2.58. The van der Waals surface area contributed by atoms with Crippen LogP contribution in [0.1, 0.15) is 12.5 Å². The molecule has 0 aliphatic heterocycles. The van der Waals surface area contributed by atoms with Gasteiger partial charge in [0.1, 0.15) is 5.75 Å². The van der Waals surface area contributed by atoms with Gasteiger partial charge in [-0.3, -0.25) is 0 Å². The van der Waals surface area contributed by atoms with Crippen LogP contribution in [-0.2, 0) is 5.75 Å². The smallest absolute Gasteiger partial charge is 0.170 e. The number of ether oxygens (including phenoxy) is 1. The first-order valence-electron chi connectivity index (χ1n) is 7.78. The number of nitrogens with one attached hydrogen (secondary N) is 2. The molecule has 6 heteroatoms. The molecule has 0 heterocycles. The number of benzene rings is 2. The molecule has 2 N–H and O–H groups in total. The van der Waals surface area contributed by atoms with E-state index in [9.17, 15) is 0 Å². The zero-order valence-corrected chi connectivity index (χ0v) is 15.9. The van der Waals surface area contributed by atoms with E-state index >= 15 is 0 Å². The number of halogens is 1. The Balaban J connectivity index is 1.67. The second-order valence-electron chi connectivity index (χ2n) is 4.99. The Labute approximate surface area is 158 Å². The summed E-state index contributed by atoms with van der Waals surface area (Å²) < 4.78 is 5.57. The second kappa shape index (κ2) is 10.4. The Morgan fingerprint density at radius 1 is 1.17 bits per heavy atom. The molecule has 0 saturated carbocycles. The van der Waals surface area contributed by atoms with Crippen molar-refractivity contribution >= 4 is 46.4 Å². The summed E-state index contributed by atoms with van der Waals surface area (Å²) in [5.74, 6) is 2.74. The molecule has 0 aliphatic carbocycles. The van der Waals surface area contributed by atoms with Gasteiger partial charge >= 0.3 is 0 Å². The van der Waals surface area contributed by atoms with Crippen LogP contribution in [0, 0.1) is 0 Å². The molecule has 0 amide bonds. The summed E-state index contributed by atoms with van der Waals surface area (Å²) in [4.78, 5) is 0. The lowest BCUT2D eigenvalue weighted by Gasteiger charge is -2.14. The molecular formula is C18H21ClN2OS2. The summed E-state index contributed by atoms with van der Waals surface area (Å²) in [5.41, 5.74) is 2.15. The Morgan fingerprint density at radius 3 is 2.67 bits per heavy atom. The van der Waals surface area contributed by atoms with Crippen LogP contribution >= 0.6 is 35.6 Å².